The third-order valence-corrected chi connectivity index (χ3v) is 2.70. The van der Waals surface area contributed by atoms with Crippen LogP contribution in [0.4, 0.5) is 11.5 Å². The molecule has 0 aliphatic heterocycles. The first-order valence-electron chi connectivity index (χ1n) is 5.55. The van der Waals surface area contributed by atoms with Crippen LogP contribution in [0, 0.1) is 12.3 Å². The maximum atomic E-state index is 11.6. The van der Waals surface area contributed by atoms with Crippen molar-refractivity contribution in [2.75, 3.05) is 24.6 Å². The molecule has 4 N–H and O–H groups in total. The van der Waals surface area contributed by atoms with Gasteiger partial charge in [0.25, 0.3) is 0 Å². The van der Waals surface area contributed by atoms with Crippen molar-refractivity contribution in [2.45, 2.75) is 20.8 Å². The number of anilines is 2. The number of nitrogens with two attached hydrogens (primary N) is 1. The van der Waals surface area contributed by atoms with Gasteiger partial charge in [-0.2, -0.15) is 0 Å². The Hall–Kier alpha value is -1.78. The lowest BCUT2D eigenvalue weighted by molar-refractivity contribution is -0.128. The highest BCUT2D eigenvalue weighted by molar-refractivity contribution is 5.82. The summed E-state index contributed by atoms with van der Waals surface area (Å²) in [5.74, 6) is 0.676. The predicted octanol–water partition coefficient (Wildman–Crippen LogP) is 1.16. The Kier molecular flexibility index (Phi) is 3.93. The molecule has 1 heterocycles. The number of nitrogens with one attached hydrogen (secondary N) is 2. The molecule has 0 aromatic carbocycles. The Labute approximate surface area is 102 Å². The van der Waals surface area contributed by atoms with E-state index in [9.17, 15) is 4.79 Å². The number of hydrogen-bond donors (Lipinski definition) is 3. The summed E-state index contributed by atoms with van der Waals surface area (Å²) in [4.78, 5) is 15.8. The van der Waals surface area contributed by atoms with Gasteiger partial charge in [0.05, 0.1) is 5.41 Å². The number of rotatable bonds is 4. The molecule has 0 bridgehead atoms. The zero-order valence-corrected chi connectivity index (χ0v) is 10.8. The Bertz CT molecular complexity index is 415. The number of pyridine rings is 1. The summed E-state index contributed by atoms with van der Waals surface area (Å²) in [7, 11) is 1.63. The van der Waals surface area contributed by atoms with Crippen molar-refractivity contribution in [1.29, 1.82) is 0 Å². The van der Waals surface area contributed by atoms with Crippen LogP contribution < -0.4 is 16.4 Å². The van der Waals surface area contributed by atoms with Crippen LogP contribution in [0.25, 0.3) is 0 Å². The van der Waals surface area contributed by atoms with Gasteiger partial charge in [0.1, 0.15) is 5.82 Å². The lowest BCUT2D eigenvalue weighted by Gasteiger charge is -2.23. The quantitative estimate of drug-likeness (QED) is 0.732. The topological polar surface area (TPSA) is 80.0 Å². The number of nitrogens with zero attached hydrogens (tertiary/aromatic N) is 1. The highest BCUT2D eigenvalue weighted by Crippen LogP contribution is 2.18. The van der Waals surface area contributed by atoms with E-state index in [-0.39, 0.29) is 5.91 Å². The average Bonchev–Trinajstić information content (AvgIpc) is 2.29. The maximum absolute atomic E-state index is 11.6. The van der Waals surface area contributed by atoms with E-state index in [0.717, 1.165) is 5.56 Å². The highest BCUT2D eigenvalue weighted by atomic mass is 16.2. The molecule has 0 fully saturated rings. The molecule has 0 saturated heterocycles. The largest absolute Gasteiger partial charge is 0.398 e. The molecule has 94 valence electrons. The molecule has 17 heavy (non-hydrogen) atoms. The predicted molar refractivity (Wildman–Crippen MR) is 69.7 cm³/mol. The van der Waals surface area contributed by atoms with Gasteiger partial charge in [0, 0.05) is 31.5 Å². The highest BCUT2D eigenvalue weighted by Gasteiger charge is 2.26. The van der Waals surface area contributed by atoms with Crippen LogP contribution in [0.5, 0.6) is 0 Å². The van der Waals surface area contributed by atoms with Gasteiger partial charge in [-0.1, -0.05) is 0 Å². The minimum atomic E-state index is -0.490. The number of amides is 1. The Morgan fingerprint density at radius 3 is 2.71 bits per heavy atom. The molecule has 5 heteroatoms. The first-order chi connectivity index (χ1) is 7.86. The molecule has 5 nitrogen and oxygen atoms in total. The van der Waals surface area contributed by atoms with Gasteiger partial charge in [-0.05, 0) is 26.3 Å². The molecule has 0 radical (unpaired) electrons. The van der Waals surface area contributed by atoms with E-state index >= 15 is 0 Å². The summed E-state index contributed by atoms with van der Waals surface area (Å²) < 4.78 is 0. The first-order valence-corrected chi connectivity index (χ1v) is 5.55. The number of aryl methyl sites for hydroxylation is 1. The normalized spacial score (nSPS) is 11.1. The van der Waals surface area contributed by atoms with Crippen molar-refractivity contribution in [3.05, 3.63) is 17.8 Å². The van der Waals surface area contributed by atoms with Gasteiger partial charge in [-0.3, -0.25) is 4.79 Å². The van der Waals surface area contributed by atoms with Gasteiger partial charge in [0.15, 0.2) is 0 Å². The Balaban J connectivity index is 2.67. The van der Waals surface area contributed by atoms with Crippen LogP contribution >= 0.6 is 0 Å². The molecule has 1 rings (SSSR count). The molecule has 1 aromatic rings. The molecule has 0 atom stereocenters. The van der Waals surface area contributed by atoms with Crippen molar-refractivity contribution in [1.82, 2.24) is 10.3 Å². The molecular weight excluding hydrogens is 216 g/mol. The second kappa shape index (κ2) is 5.03. The third-order valence-electron chi connectivity index (χ3n) is 2.70. The number of carbonyl (C=O) groups is 1. The maximum Gasteiger partial charge on any atom is 0.227 e. The van der Waals surface area contributed by atoms with Crippen molar-refractivity contribution in [3.8, 4) is 0 Å². The fourth-order valence-electron chi connectivity index (χ4n) is 1.37. The smallest absolute Gasteiger partial charge is 0.227 e. The molecule has 1 aromatic heterocycles. The molecule has 0 aliphatic carbocycles. The van der Waals surface area contributed by atoms with E-state index < -0.39 is 5.41 Å². The van der Waals surface area contributed by atoms with Crippen LogP contribution in [0.3, 0.4) is 0 Å². The van der Waals surface area contributed by atoms with Crippen LogP contribution in [-0.4, -0.2) is 24.5 Å². The molecular formula is C12H20N4O. The summed E-state index contributed by atoms with van der Waals surface area (Å²) in [6.07, 6.45) is 1.71. The van der Waals surface area contributed by atoms with Crippen LogP contribution in [0.1, 0.15) is 19.4 Å². The van der Waals surface area contributed by atoms with Crippen molar-refractivity contribution >= 4 is 17.4 Å². The Morgan fingerprint density at radius 1 is 1.53 bits per heavy atom. The van der Waals surface area contributed by atoms with Gasteiger partial charge < -0.3 is 16.4 Å². The number of nitrogen functional groups attached to an aromatic ring is 1. The van der Waals surface area contributed by atoms with E-state index in [4.69, 9.17) is 5.73 Å². The standard InChI is InChI=1S/C12H20N4O/c1-8-6-15-10(5-9(8)13)16-7-12(2,3)11(17)14-4/h5-6H,7H2,1-4H3,(H,14,17)(H3,13,15,16). The average molecular weight is 236 g/mol. The summed E-state index contributed by atoms with van der Waals surface area (Å²) in [6, 6.07) is 1.77. The van der Waals surface area contributed by atoms with Crippen LogP contribution in [-0.2, 0) is 4.79 Å². The minimum Gasteiger partial charge on any atom is -0.398 e. The second-order valence-corrected chi connectivity index (χ2v) is 4.74. The summed E-state index contributed by atoms with van der Waals surface area (Å²) in [6.45, 7) is 6.15. The van der Waals surface area contributed by atoms with Gasteiger partial charge in [-0.25, -0.2) is 4.98 Å². The van der Waals surface area contributed by atoms with Gasteiger partial charge >= 0.3 is 0 Å². The lowest BCUT2D eigenvalue weighted by Crippen LogP contribution is -2.39. The summed E-state index contributed by atoms with van der Waals surface area (Å²) in [5, 5.41) is 5.75. The zero-order chi connectivity index (χ0) is 13.1. The van der Waals surface area contributed by atoms with E-state index in [1.165, 1.54) is 0 Å². The fraction of sp³-hybridized carbons (Fsp3) is 0.500. The fourth-order valence-corrected chi connectivity index (χ4v) is 1.37. The SMILES string of the molecule is CNC(=O)C(C)(C)CNc1cc(N)c(C)cn1. The third kappa shape index (κ3) is 3.34. The monoisotopic (exact) mass is 236 g/mol. The zero-order valence-electron chi connectivity index (χ0n) is 10.8. The van der Waals surface area contributed by atoms with Crippen molar-refractivity contribution in [3.63, 3.8) is 0 Å². The van der Waals surface area contributed by atoms with Gasteiger partial charge in [-0.15, -0.1) is 0 Å². The van der Waals surface area contributed by atoms with Crippen LogP contribution in [0.15, 0.2) is 12.3 Å². The first kappa shape index (κ1) is 13.3. The molecule has 0 aliphatic rings. The van der Waals surface area contributed by atoms with E-state index in [1.807, 2.05) is 20.8 Å². The number of hydrogen-bond acceptors (Lipinski definition) is 4. The molecule has 0 spiro atoms. The number of aromatic nitrogens is 1. The Morgan fingerprint density at radius 2 is 2.18 bits per heavy atom. The lowest BCUT2D eigenvalue weighted by atomic mass is 9.92. The van der Waals surface area contributed by atoms with Crippen LogP contribution in [0.2, 0.25) is 0 Å². The molecule has 1 amide bonds. The van der Waals surface area contributed by atoms with Crippen molar-refractivity contribution < 1.29 is 4.79 Å². The summed E-state index contributed by atoms with van der Waals surface area (Å²) in [5.41, 5.74) is 6.94. The molecule has 0 saturated carbocycles. The minimum absolute atomic E-state index is 0.00918. The van der Waals surface area contributed by atoms with E-state index in [1.54, 1.807) is 19.3 Å². The summed E-state index contributed by atoms with van der Waals surface area (Å²) >= 11 is 0. The van der Waals surface area contributed by atoms with E-state index in [2.05, 4.69) is 15.6 Å². The number of carbonyl (C=O) groups excluding carboxylic acids is 1. The van der Waals surface area contributed by atoms with Crippen molar-refractivity contribution in [2.24, 2.45) is 5.41 Å². The van der Waals surface area contributed by atoms with E-state index in [0.29, 0.717) is 18.1 Å². The van der Waals surface area contributed by atoms with Gasteiger partial charge in [0.2, 0.25) is 5.91 Å². The second-order valence-electron chi connectivity index (χ2n) is 4.74. The molecule has 0 unspecified atom stereocenters.